The predicted octanol–water partition coefficient (Wildman–Crippen LogP) is 4.48. The molecular weight excluding hydrogens is 358 g/mol. The van der Waals surface area contributed by atoms with Crippen molar-refractivity contribution in [2.45, 2.75) is 41.9 Å². The molecule has 0 aliphatic heterocycles. The Balaban J connectivity index is 1.91. The molecule has 0 bridgehead atoms. The van der Waals surface area contributed by atoms with Crippen LogP contribution in [-0.2, 0) is 11.8 Å². The normalized spacial score (nSPS) is 23.1. The summed E-state index contributed by atoms with van der Waals surface area (Å²) in [5.41, 5.74) is 8.90. The molecule has 0 radical (unpaired) electrons. The lowest BCUT2D eigenvalue weighted by Crippen LogP contribution is -2.52. The van der Waals surface area contributed by atoms with Crippen molar-refractivity contribution in [3.8, 4) is 5.75 Å². The van der Waals surface area contributed by atoms with Gasteiger partial charge in [0, 0.05) is 26.1 Å². The lowest BCUT2D eigenvalue weighted by molar-refractivity contribution is 0.369. The summed E-state index contributed by atoms with van der Waals surface area (Å²) in [6, 6.07) is 14.1. The van der Waals surface area contributed by atoms with Gasteiger partial charge in [-0.1, -0.05) is 35.8 Å². The summed E-state index contributed by atoms with van der Waals surface area (Å²) in [5, 5.41) is 10.1. The van der Waals surface area contributed by atoms with E-state index < -0.39 is 0 Å². The molecule has 0 spiro atoms. The van der Waals surface area contributed by atoms with Gasteiger partial charge in [0.05, 0.1) is 0 Å². The largest absolute Gasteiger partial charge is 0.508 e. The van der Waals surface area contributed by atoms with Crippen LogP contribution in [0.5, 0.6) is 5.75 Å². The first kappa shape index (κ1) is 15.9. The smallest absolute Gasteiger partial charge is 0.115 e. The number of phenolic OH excluding ortho intramolecular Hbond substituents is 1. The zero-order chi connectivity index (χ0) is 15.9. The van der Waals surface area contributed by atoms with Gasteiger partial charge in [0.2, 0.25) is 0 Å². The number of fused-ring (bicyclic) bond motifs is 1. The number of nitrogens with two attached hydrogens (primary N) is 1. The molecule has 3 N–H and O–H groups in total. The Morgan fingerprint density at radius 2 is 1.86 bits per heavy atom. The molecule has 3 rings (SSSR count). The van der Waals surface area contributed by atoms with Crippen LogP contribution in [0.4, 0.5) is 0 Å². The highest BCUT2D eigenvalue weighted by atomic mass is 79.9. The molecule has 0 fully saturated rings. The van der Waals surface area contributed by atoms with E-state index in [0.717, 1.165) is 10.9 Å². The average molecular weight is 378 g/mol. The number of halogens is 1. The highest BCUT2D eigenvalue weighted by molar-refractivity contribution is 9.10. The molecule has 0 aromatic heterocycles. The van der Waals surface area contributed by atoms with Crippen LogP contribution in [-0.4, -0.2) is 16.4 Å². The predicted molar refractivity (Wildman–Crippen MR) is 96.6 cm³/mol. The molecule has 22 heavy (non-hydrogen) atoms. The molecule has 0 amide bonds. The SMILES string of the molecule is CC1(C)c2cc(O)ccc2CC(Sc2ccc(Br)cc2)C1N. The van der Waals surface area contributed by atoms with Gasteiger partial charge in [-0.25, -0.2) is 0 Å². The van der Waals surface area contributed by atoms with E-state index in [2.05, 4.69) is 54.0 Å². The van der Waals surface area contributed by atoms with E-state index in [-0.39, 0.29) is 11.5 Å². The molecule has 2 aromatic carbocycles. The highest BCUT2D eigenvalue weighted by Crippen LogP contribution is 2.43. The minimum Gasteiger partial charge on any atom is -0.508 e. The third kappa shape index (κ3) is 2.92. The molecule has 0 saturated heterocycles. The number of hydrogen-bond acceptors (Lipinski definition) is 3. The maximum Gasteiger partial charge on any atom is 0.115 e. The van der Waals surface area contributed by atoms with Crippen molar-refractivity contribution < 1.29 is 5.11 Å². The molecule has 2 aromatic rings. The third-order valence-electron chi connectivity index (χ3n) is 4.54. The van der Waals surface area contributed by atoms with Crippen LogP contribution in [0.3, 0.4) is 0 Å². The van der Waals surface area contributed by atoms with Crippen molar-refractivity contribution in [2.75, 3.05) is 0 Å². The fourth-order valence-corrected chi connectivity index (χ4v) is 4.79. The molecule has 2 atom stereocenters. The lowest BCUT2D eigenvalue weighted by atomic mass is 9.69. The monoisotopic (exact) mass is 377 g/mol. The number of rotatable bonds is 2. The van der Waals surface area contributed by atoms with Crippen LogP contribution < -0.4 is 5.73 Å². The summed E-state index contributed by atoms with van der Waals surface area (Å²) in [4.78, 5) is 1.24. The first-order valence-electron chi connectivity index (χ1n) is 7.38. The Kier molecular flexibility index (Phi) is 4.27. The van der Waals surface area contributed by atoms with Crippen molar-refractivity contribution in [1.29, 1.82) is 0 Å². The summed E-state index contributed by atoms with van der Waals surface area (Å²) >= 11 is 5.31. The van der Waals surface area contributed by atoms with Crippen molar-refractivity contribution in [3.05, 3.63) is 58.1 Å². The van der Waals surface area contributed by atoms with Crippen LogP contribution >= 0.6 is 27.7 Å². The summed E-state index contributed by atoms with van der Waals surface area (Å²) in [6.07, 6.45) is 0.931. The van der Waals surface area contributed by atoms with E-state index in [1.54, 1.807) is 6.07 Å². The van der Waals surface area contributed by atoms with Gasteiger partial charge in [-0.05, 0) is 53.9 Å². The summed E-state index contributed by atoms with van der Waals surface area (Å²) < 4.78 is 1.09. The maximum absolute atomic E-state index is 9.78. The topological polar surface area (TPSA) is 46.2 Å². The number of thioether (sulfide) groups is 1. The van der Waals surface area contributed by atoms with Gasteiger partial charge in [-0.15, -0.1) is 11.8 Å². The van der Waals surface area contributed by atoms with Crippen molar-refractivity contribution in [2.24, 2.45) is 5.73 Å². The van der Waals surface area contributed by atoms with Crippen molar-refractivity contribution in [3.63, 3.8) is 0 Å². The van der Waals surface area contributed by atoms with Gasteiger partial charge in [-0.2, -0.15) is 0 Å². The van der Waals surface area contributed by atoms with Gasteiger partial charge in [0.1, 0.15) is 5.75 Å². The fraction of sp³-hybridized carbons (Fsp3) is 0.333. The molecule has 0 saturated carbocycles. The zero-order valence-corrected chi connectivity index (χ0v) is 15.1. The zero-order valence-electron chi connectivity index (χ0n) is 12.7. The van der Waals surface area contributed by atoms with Gasteiger partial charge in [0.25, 0.3) is 0 Å². The summed E-state index contributed by atoms with van der Waals surface area (Å²) in [5.74, 6) is 0.318. The van der Waals surface area contributed by atoms with Crippen LogP contribution in [0.25, 0.3) is 0 Å². The lowest BCUT2D eigenvalue weighted by Gasteiger charge is -2.43. The third-order valence-corrected chi connectivity index (χ3v) is 6.38. The summed E-state index contributed by atoms with van der Waals surface area (Å²) in [7, 11) is 0. The van der Waals surface area contributed by atoms with Gasteiger partial charge >= 0.3 is 0 Å². The molecule has 0 heterocycles. The second kappa shape index (κ2) is 5.91. The Morgan fingerprint density at radius 1 is 1.18 bits per heavy atom. The number of hydrogen-bond donors (Lipinski definition) is 2. The molecule has 1 aliphatic carbocycles. The fourth-order valence-electron chi connectivity index (χ4n) is 3.13. The van der Waals surface area contributed by atoms with Gasteiger partial charge in [-0.3, -0.25) is 0 Å². The Morgan fingerprint density at radius 3 is 2.55 bits per heavy atom. The molecule has 1 aliphatic rings. The molecule has 116 valence electrons. The van der Waals surface area contributed by atoms with Crippen molar-refractivity contribution >= 4 is 27.7 Å². The van der Waals surface area contributed by atoms with Gasteiger partial charge in [0.15, 0.2) is 0 Å². The van der Waals surface area contributed by atoms with E-state index in [1.807, 2.05) is 23.9 Å². The first-order chi connectivity index (χ1) is 10.4. The van der Waals surface area contributed by atoms with Crippen LogP contribution in [0, 0.1) is 0 Å². The molecule has 4 heteroatoms. The highest BCUT2D eigenvalue weighted by Gasteiger charge is 2.40. The number of phenols is 1. The second-order valence-electron chi connectivity index (χ2n) is 6.40. The van der Waals surface area contributed by atoms with E-state index in [4.69, 9.17) is 5.73 Å². The summed E-state index contributed by atoms with van der Waals surface area (Å²) in [6.45, 7) is 4.34. The quantitative estimate of drug-likeness (QED) is 0.810. The van der Waals surface area contributed by atoms with Gasteiger partial charge < -0.3 is 10.8 Å². The van der Waals surface area contributed by atoms with Crippen LogP contribution in [0.2, 0.25) is 0 Å². The Bertz CT molecular complexity index is 684. The van der Waals surface area contributed by atoms with Crippen LogP contribution in [0.15, 0.2) is 51.8 Å². The average Bonchev–Trinajstić information content (AvgIpc) is 2.48. The standard InChI is InChI=1S/C18H20BrNOS/c1-18(2)15-10-13(21)6-3-11(15)9-16(17(18)20)22-14-7-4-12(19)5-8-14/h3-8,10,16-17,21H,9,20H2,1-2H3. The van der Waals surface area contributed by atoms with Crippen molar-refractivity contribution in [1.82, 2.24) is 0 Å². The number of benzene rings is 2. The van der Waals surface area contributed by atoms with E-state index in [9.17, 15) is 5.11 Å². The second-order valence-corrected chi connectivity index (χ2v) is 8.63. The molecular formula is C18H20BrNOS. The van der Waals surface area contributed by atoms with Crippen LogP contribution in [0.1, 0.15) is 25.0 Å². The molecule has 2 nitrogen and oxygen atoms in total. The van der Waals surface area contributed by atoms with E-state index in [1.165, 1.54) is 16.0 Å². The Labute approximate surface area is 144 Å². The minimum absolute atomic E-state index is 0.0375. The minimum atomic E-state index is -0.153. The van der Waals surface area contributed by atoms with E-state index >= 15 is 0 Å². The number of aromatic hydroxyl groups is 1. The first-order valence-corrected chi connectivity index (χ1v) is 9.05. The molecule has 2 unspecified atom stereocenters. The maximum atomic E-state index is 9.78. The van der Waals surface area contributed by atoms with E-state index in [0.29, 0.717) is 11.0 Å². The Hall–Kier alpha value is -0.970.